The summed E-state index contributed by atoms with van der Waals surface area (Å²) in [6.45, 7) is 6.75. The second-order valence-electron chi connectivity index (χ2n) is 5.46. The summed E-state index contributed by atoms with van der Waals surface area (Å²) in [5.41, 5.74) is 1.28. The number of nitrogens with zero attached hydrogens (tertiary/aromatic N) is 4. The Bertz CT molecular complexity index is 585. The highest BCUT2D eigenvalue weighted by molar-refractivity contribution is 14.0. The number of hydrogen-bond acceptors (Lipinski definition) is 3. The van der Waals surface area contributed by atoms with Gasteiger partial charge in [0.05, 0.1) is 6.54 Å². The number of hydrogen-bond donors (Lipinski definition) is 2. The average Bonchev–Trinajstić information content (AvgIpc) is 3.14. The molecule has 0 unspecified atom stereocenters. The first kappa shape index (κ1) is 21.3. The molecule has 0 bridgehead atoms. The quantitative estimate of drug-likeness (QED) is 0.264. The highest BCUT2D eigenvalue weighted by Gasteiger charge is 2.03. The predicted octanol–water partition coefficient (Wildman–Crippen LogP) is 2.58. The molecule has 0 amide bonds. The zero-order valence-electron chi connectivity index (χ0n) is 15.1. The minimum absolute atomic E-state index is 0. The molecule has 1 aromatic carbocycles. The first-order chi connectivity index (χ1) is 11.8. The fourth-order valence-electron chi connectivity index (χ4n) is 2.53. The Kier molecular flexibility index (Phi) is 10.7. The SMILES string of the molecule is CCN(CCCNC(=NC)NCCn1cccn1)c1ccccc1.I. The van der Waals surface area contributed by atoms with E-state index in [0.717, 1.165) is 45.1 Å². The van der Waals surface area contributed by atoms with Gasteiger partial charge in [-0.2, -0.15) is 5.10 Å². The molecular weight excluding hydrogens is 427 g/mol. The van der Waals surface area contributed by atoms with Gasteiger partial charge in [-0.1, -0.05) is 18.2 Å². The number of guanidine groups is 1. The molecule has 0 radical (unpaired) electrons. The first-order valence-electron chi connectivity index (χ1n) is 8.55. The summed E-state index contributed by atoms with van der Waals surface area (Å²) in [4.78, 5) is 6.64. The fraction of sp³-hybridized carbons (Fsp3) is 0.444. The minimum Gasteiger partial charge on any atom is -0.372 e. The van der Waals surface area contributed by atoms with E-state index in [1.54, 1.807) is 13.2 Å². The number of aromatic nitrogens is 2. The number of rotatable bonds is 9. The summed E-state index contributed by atoms with van der Waals surface area (Å²) in [6, 6.07) is 12.5. The Hall–Kier alpha value is -1.77. The van der Waals surface area contributed by atoms with Gasteiger partial charge in [-0.05, 0) is 31.5 Å². The molecule has 25 heavy (non-hydrogen) atoms. The Morgan fingerprint density at radius 2 is 1.92 bits per heavy atom. The van der Waals surface area contributed by atoms with Crippen LogP contribution in [0.2, 0.25) is 0 Å². The van der Waals surface area contributed by atoms with Crippen molar-refractivity contribution in [3.05, 3.63) is 48.8 Å². The average molecular weight is 456 g/mol. The number of halogens is 1. The van der Waals surface area contributed by atoms with Crippen LogP contribution in [0.25, 0.3) is 0 Å². The van der Waals surface area contributed by atoms with E-state index in [1.807, 2.05) is 16.9 Å². The Morgan fingerprint density at radius 3 is 2.56 bits per heavy atom. The van der Waals surface area contributed by atoms with Crippen LogP contribution in [0.4, 0.5) is 5.69 Å². The molecular formula is C18H29IN6. The summed E-state index contributed by atoms with van der Waals surface area (Å²) in [7, 11) is 1.80. The van der Waals surface area contributed by atoms with Crippen molar-refractivity contribution in [2.45, 2.75) is 19.9 Å². The summed E-state index contributed by atoms with van der Waals surface area (Å²) in [6.07, 6.45) is 4.81. The lowest BCUT2D eigenvalue weighted by molar-refractivity contribution is 0.596. The number of para-hydroxylation sites is 1. The molecule has 0 saturated heterocycles. The molecule has 2 aromatic rings. The van der Waals surface area contributed by atoms with Crippen LogP contribution in [0.5, 0.6) is 0 Å². The van der Waals surface area contributed by atoms with Gasteiger partial charge in [0.25, 0.3) is 0 Å². The molecule has 6 nitrogen and oxygen atoms in total. The third-order valence-corrected chi connectivity index (χ3v) is 3.82. The summed E-state index contributed by atoms with van der Waals surface area (Å²) in [5.74, 6) is 0.838. The van der Waals surface area contributed by atoms with Gasteiger partial charge in [-0.25, -0.2) is 0 Å². The molecule has 1 aromatic heterocycles. The van der Waals surface area contributed by atoms with Crippen LogP contribution in [0, 0.1) is 0 Å². The Balaban J connectivity index is 0.00000312. The third-order valence-electron chi connectivity index (χ3n) is 3.82. The van der Waals surface area contributed by atoms with Crippen molar-refractivity contribution >= 4 is 35.6 Å². The molecule has 0 atom stereocenters. The molecule has 1 heterocycles. The summed E-state index contributed by atoms with van der Waals surface area (Å²) in [5, 5.41) is 10.9. The van der Waals surface area contributed by atoms with Gasteiger partial charge in [0.2, 0.25) is 0 Å². The second kappa shape index (κ2) is 12.6. The van der Waals surface area contributed by atoms with Crippen molar-refractivity contribution in [1.82, 2.24) is 20.4 Å². The standard InChI is InChI=1S/C18H28N6.HI/c1-3-23(17-9-5-4-6-10-17)14-7-11-20-18(19-2)21-13-16-24-15-8-12-22-24;/h4-6,8-10,12,15H,3,7,11,13-14,16H2,1-2H3,(H2,19,20,21);1H. The largest absolute Gasteiger partial charge is 0.372 e. The molecule has 0 saturated carbocycles. The third kappa shape index (κ3) is 7.76. The van der Waals surface area contributed by atoms with E-state index in [1.165, 1.54) is 5.69 Å². The zero-order chi connectivity index (χ0) is 17.0. The molecule has 0 fully saturated rings. The van der Waals surface area contributed by atoms with Crippen molar-refractivity contribution in [1.29, 1.82) is 0 Å². The van der Waals surface area contributed by atoms with Gasteiger partial charge in [-0.15, -0.1) is 24.0 Å². The maximum atomic E-state index is 4.25. The Labute approximate surface area is 167 Å². The first-order valence-corrected chi connectivity index (χ1v) is 8.55. The van der Waals surface area contributed by atoms with E-state index < -0.39 is 0 Å². The number of aliphatic imine (C=N–C) groups is 1. The van der Waals surface area contributed by atoms with Crippen molar-refractivity contribution in [3.8, 4) is 0 Å². The monoisotopic (exact) mass is 456 g/mol. The summed E-state index contributed by atoms with van der Waals surface area (Å²) < 4.78 is 1.90. The molecule has 2 N–H and O–H groups in total. The highest BCUT2D eigenvalue weighted by atomic mass is 127. The van der Waals surface area contributed by atoms with Gasteiger partial charge < -0.3 is 15.5 Å². The van der Waals surface area contributed by atoms with Crippen molar-refractivity contribution in [2.24, 2.45) is 4.99 Å². The topological polar surface area (TPSA) is 57.5 Å². The van der Waals surface area contributed by atoms with Crippen LogP contribution in [0.15, 0.2) is 53.8 Å². The molecule has 0 spiro atoms. The molecule has 2 rings (SSSR count). The van der Waals surface area contributed by atoms with E-state index >= 15 is 0 Å². The molecule has 7 heteroatoms. The zero-order valence-corrected chi connectivity index (χ0v) is 17.4. The maximum absolute atomic E-state index is 4.25. The van der Waals surface area contributed by atoms with E-state index in [9.17, 15) is 0 Å². The van der Waals surface area contributed by atoms with E-state index in [2.05, 4.69) is 62.9 Å². The normalized spacial score (nSPS) is 10.9. The summed E-state index contributed by atoms with van der Waals surface area (Å²) >= 11 is 0. The number of nitrogens with one attached hydrogen (secondary N) is 2. The minimum atomic E-state index is 0. The lowest BCUT2D eigenvalue weighted by Gasteiger charge is -2.23. The molecule has 0 aliphatic heterocycles. The van der Waals surface area contributed by atoms with Crippen molar-refractivity contribution in [2.75, 3.05) is 38.1 Å². The van der Waals surface area contributed by atoms with E-state index in [-0.39, 0.29) is 24.0 Å². The molecule has 0 aliphatic rings. The van der Waals surface area contributed by atoms with E-state index in [0.29, 0.717) is 0 Å². The Morgan fingerprint density at radius 1 is 1.16 bits per heavy atom. The van der Waals surface area contributed by atoms with Gasteiger partial charge in [-0.3, -0.25) is 9.67 Å². The van der Waals surface area contributed by atoms with Crippen LogP contribution in [0.1, 0.15) is 13.3 Å². The lowest BCUT2D eigenvalue weighted by Crippen LogP contribution is -2.40. The van der Waals surface area contributed by atoms with Gasteiger partial charge >= 0.3 is 0 Å². The molecule has 138 valence electrons. The van der Waals surface area contributed by atoms with Gasteiger partial charge in [0.15, 0.2) is 5.96 Å². The van der Waals surface area contributed by atoms with Crippen LogP contribution < -0.4 is 15.5 Å². The number of anilines is 1. The number of benzene rings is 1. The second-order valence-corrected chi connectivity index (χ2v) is 5.46. The fourth-order valence-corrected chi connectivity index (χ4v) is 2.53. The smallest absolute Gasteiger partial charge is 0.191 e. The van der Waals surface area contributed by atoms with Crippen LogP contribution >= 0.6 is 24.0 Å². The van der Waals surface area contributed by atoms with E-state index in [4.69, 9.17) is 0 Å². The van der Waals surface area contributed by atoms with Crippen LogP contribution in [-0.2, 0) is 6.54 Å². The van der Waals surface area contributed by atoms with Gasteiger partial charge in [0.1, 0.15) is 0 Å². The van der Waals surface area contributed by atoms with Gasteiger partial charge in [0, 0.05) is 51.3 Å². The van der Waals surface area contributed by atoms with Crippen LogP contribution in [-0.4, -0.2) is 49.0 Å². The predicted molar refractivity (Wildman–Crippen MR) is 116 cm³/mol. The maximum Gasteiger partial charge on any atom is 0.191 e. The van der Waals surface area contributed by atoms with Crippen LogP contribution in [0.3, 0.4) is 0 Å². The van der Waals surface area contributed by atoms with Crippen molar-refractivity contribution in [3.63, 3.8) is 0 Å². The lowest BCUT2D eigenvalue weighted by atomic mass is 10.2. The highest BCUT2D eigenvalue weighted by Crippen LogP contribution is 2.12. The molecule has 0 aliphatic carbocycles. The van der Waals surface area contributed by atoms with Crippen molar-refractivity contribution < 1.29 is 0 Å².